The van der Waals surface area contributed by atoms with E-state index in [1.54, 1.807) is 0 Å². The number of esters is 1. The largest absolute Gasteiger partial charge is 1.00 e. The van der Waals surface area contributed by atoms with Gasteiger partial charge in [-0.3, -0.25) is 4.79 Å². The molecule has 4 nitrogen and oxygen atoms in total. The molecule has 0 unspecified atom stereocenters. The van der Waals surface area contributed by atoms with E-state index in [0.29, 0.717) is 0 Å². The Morgan fingerprint density at radius 3 is 1.50 bits per heavy atom. The third-order valence-corrected chi connectivity index (χ3v) is 3.69. The summed E-state index contributed by atoms with van der Waals surface area (Å²) in [5, 5.41) is 8.24. The quantitative estimate of drug-likeness (QED) is 0.231. The van der Waals surface area contributed by atoms with Gasteiger partial charge in [0.1, 0.15) is 0 Å². The van der Waals surface area contributed by atoms with E-state index in [0.717, 1.165) is 19.3 Å². The van der Waals surface area contributed by atoms with Gasteiger partial charge in [-0.15, -0.1) is 0 Å². The monoisotopic (exact) mass is 324 g/mol. The van der Waals surface area contributed by atoms with Gasteiger partial charge in [-0.2, -0.15) is 0 Å². The predicted octanol–water partition coefficient (Wildman–Crippen LogP) is 2.81. The first-order valence-corrected chi connectivity index (χ1v) is 8.60. The number of rotatable bonds is 14. The molecule has 0 aliphatic carbocycles. The SMILES string of the molecule is CCCCCCCCCCCCCCCC(=O)OC(=O)O.[H-].[Na+]. The van der Waals surface area contributed by atoms with Crippen LogP contribution in [0, 0.1) is 0 Å². The van der Waals surface area contributed by atoms with Crippen LogP contribution in [-0.4, -0.2) is 17.2 Å². The van der Waals surface area contributed by atoms with E-state index in [1.165, 1.54) is 64.2 Å². The fraction of sp³-hybridized carbons (Fsp3) is 0.882. The van der Waals surface area contributed by atoms with E-state index in [9.17, 15) is 9.59 Å². The van der Waals surface area contributed by atoms with Crippen LogP contribution in [0.4, 0.5) is 4.79 Å². The normalized spacial score (nSPS) is 10.0. The molecule has 0 aliphatic rings. The number of ether oxygens (including phenoxy) is 1. The molecule has 0 bridgehead atoms. The molecule has 0 saturated heterocycles. The van der Waals surface area contributed by atoms with Gasteiger partial charge in [0, 0.05) is 6.42 Å². The predicted molar refractivity (Wildman–Crippen MR) is 85.5 cm³/mol. The van der Waals surface area contributed by atoms with E-state index in [2.05, 4.69) is 11.7 Å². The van der Waals surface area contributed by atoms with Crippen molar-refractivity contribution in [3.63, 3.8) is 0 Å². The Morgan fingerprint density at radius 1 is 0.773 bits per heavy atom. The van der Waals surface area contributed by atoms with E-state index in [-0.39, 0.29) is 37.4 Å². The van der Waals surface area contributed by atoms with Crippen LogP contribution in [0.2, 0.25) is 0 Å². The van der Waals surface area contributed by atoms with Crippen LogP contribution in [0.25, 0.3) is 0 Å². The van der Waals surface area contributed by atoms with E-state index >= 15 is 0 Å². The summed E-state index contributed by atoms with van der Waals surface area (Å²) < 4.78 is 4.03. The number of carboxylic acid groups (broad SMARTS) is 1. The second-order valence-corrected chi connectivity index (χ2v) is 5.73. The molecule has 0 heterocycles. The van der Waals surface area contributed by atoms with Crippen molar-refractivity contribution >= 4 is 12.1 Å². The molecule has 5 heteroatoms. The summed E-state index contributed by atoms with van der Waals surface area (Å²) in [5.41, 5.74) is 0. The van der Waals surface area contributed by atoms with Crippen LogP contribution in [0.1, 0.15) is 98.2 Å². The molecule has 0 rings (SSSR count). The van der Waals surface area contributed by atoms with Crippen molar-refractivity contribution in [1.29, 1.82) is 0 Å². The van der Waals surface area contributed by atoms with Gasteiger partial charge in [0.25, 0.3) is 0 Å². The average molecular weight is 324 g/mol. The number of carbonyl (C=O) groups is 2. The fourth-order valence-electron chi connectivity index (χ4n) is 2.44. The Kier molecular flexibility index (Phi) is 20.9. The molecule has 0 saturated carbocycles. The Labute approximate surface area is 159 Å². The minimum absolute atomic E-state index is 0. The van der Waals surface area contributed by atoms with Gasteiger partial charge in [0.15, 0.2) is 0 Å². The van der Waals surface area contributed by atoms with Gasteiger partial charge in [0.2, 0.25) is 0 Å². The zero-order valence-electron chi connectivity index (χ0n) is 15.6. The van der Waals surface area contributed by atoms with Gasteiger partial charge >= 0.3 is 41.7 Å². The van der Waals surface area contributed by atoms with Crippen LogP contribution >= 0.6 is 0 Å². The van der Waals surface area contributed by atoms with Gasteiger partial charge in [-0.05, 0) is 6.42 Å². The first-order chi connectivity index (χ1) is 10.2. The second kappa shape index (κ2) is 19.0. The van der Waals surface area contributed by atoms with Gasteiger partial charge in [0.05, 0.1) is 0 Å². The molecule has 1 N–H and O–H groups in total. The molecule has 0 amide bonds. The fourth-order valence-corrected chi connectivity index (χ4v) is 2.44. The maximum absolute atomic E-state index is 11.0. The number of hydrogen-bond donors (Lipinski definition) is 1. The molecule has 0 radical (unpaired) electrons. The topological polar surface area (TPSA) is 63.6 Å². The molecule has 0 atom stereocenters. The molecule has 126 valence electrons. The van der Waals surface area contributed by atoms with Gasteiger partial charge < -0.3 is 11.3 Å². The van der Waals surface area contributed by atoms with Crippen molar-refractivity contribution < 1.29 is 50.4 Å². The summed E-state index contributed by atoms with van der Waals surface area (Å²) in [6.45, 7) is 2.25. The van der Waals surface area contributed by atoms with Crippen molar-refractivity contribution in [2.24, 2.45) is 0 Å². The molecular formula is C17H33NaO4. The van der Waals surface area contributed by atoms with E-state index in [4.69, 9.17) is 5.11 Å². The molecule has 0 aromatic heterocycles. The number of unbranched alkanes of at least 4 members (excludes halogenated alkanes) is 12. The number of carbonyl (C=O) groups excluding carboxylic acids is 1. The molecule has 0 fully saturated rings. The smallest absolute Gasteiger partial charge is 1.00 e. The summed E-state index contributed by atoms with van der Waals surface area (Å²) in [4.78, 5) is 21.1. The van der Waals surface area contributed by atoms with Crippen molar-refractivity contribution in [1.82, 2.24) is 0 Å². The second-order valence-electron chi connectivity index (χ2n) is 5.73. The maximum Gasteiger partial charge on any atom is 1.00 e. The zero-order valence-corrected chi connectivity index (χ0v) is 16.6. The Bertz CT molecular complexity index is 275. The summed E-state index contributed by atoms with van der Waals surface area (Å²) in [5.74, 6) is -0.634. The molecule has 0 aromatic carbocycles. The maximum atomic E-state index is 11.0. The Balaban J connectivity index is -0.00000200. The van der Waals surface area contributed by atoms with Crippen molar-refractivity contribution in [2.45, 2.75) is 96.8 Å². The molecule has 0 spiro atoms. The van der Waals surface area contributed by atoms with Crippen molar-refractivity contribution in [3.05, 3.63) is 0 Å². The summed E-state index contributed by atoms with van der Waals surface area (Å²) in [6.07, 6.45) is 14.9. The summed E-state index contributed by atoms with van der Waals surface area (Å²) >= 11 is 0. The molecule has 22 heavy (non-hydrogen) atoms. The Hall–Kier alpha value is -0.0600. The van der Waals surface area contributed by atoms with Crippen LogP contribution in [0.15, 0.2) is 0 Å². The minimum atomic E-state index is -1.50. The Morgan fingerprint density at radius 2 is 1.14 bits per heavy atom. The third-order valence-electron chi connectivity index (χ3n) is 3.69. The molecule has 0 aromatic rings. The van der Waals surface area contributed by atoms with E-state index in [1.807, 2.05) is 0 Å². The summed E-state index contributed by atoms with van der Waals surface area (Å²) in [7, 11) is 0. The van der Waals surface area contributed by atoms with Gasteiger partial charge in [-0.25, -0.2) is 4.79 Å². The first kappa shape index (κ1) is 24.2. The van der Waals surface area contributed by atoms with E-state index < -0.39 is 12.1 Å². The van der Waals surface area contributed by atoms with Gasteiger partial charge in [-0.1, -0.05) is 84.0 Å². The molecule has 0 aliphatic heterocycles. The standard InChI is InChI=1S/C17H32O4.Na.H/c1-2-3-4-5-6-7-8-9-10-11-12-13-14-15-16(18)21-17(19)20;;/h2-15H2,1H3,(H,19,20);;/q;+1;-1. The van der Waals surface area contributed by atoms with Crippen molar-refractivity contribution in [2.75, 3.05) is 0 Å². The van der Waals surface area contributed by atoms with Crippen LogP contribution in [-0.2, 0) is 9.53 Å². The van der Waals surface area contributed by atoms with Crippen molar-refractivity contribution in [3.8, 4) is 0 Å². The first-order valence-electron chi connectivity index (χ1n) is 8.60. The van der Waals surface area contributed by atoms with Crippen LogP contribution in [0.3, 0.4) is 0 Å². The average Bonchev–Trinajstić information content (AvgIpc) is 2.43. The number of hydrogen-bond acceptors (Lipinski definition) is 3. The minimum Gasteiger partial charge on any atom is -1.00 e. The van der Waals surface area contributed by atoms with Crippen LogP contribution in [0.5, 0.6) is 0 Å². The zero-order chi connectivity index (χ0) is 15.8. The van der Waals surface area contributed by atoms with Crippen LogP contribution < -0.4 is 29.6 Å². The molecular weight excluding hydrogens is 291 g/mol. The third kappa shape index (κ3) is 19.9. The summed E-state index contributed by atoms with van der Waals surface area (Å²) in [6, 6.07) is 0.